The van der Waals surface area contributed by atoms with Gasteiger partial charge in [0.1, 0.15) is 0 Å². The van der Waals surface area contributed by atoms with E-state index in [1.165, 1.54) is 11.1 Å². The number of nitrogens with two attached hydrogens (primary N) is 1. The standard InChI is InChI=1S/C12H13NO/c13-12(14)11-7-5-9-3-1-2-4-10(9)6-8-11/h1,3,6-8H,2,4-5H2,(H2,13,14). The molecule has 0 heterocycles. The highest BCUT2D eigenvalue weighted by molar-refractivity contribution is 5.95. The van der Waals surface area contributed by atoms with Gasteiger partial charge in [0.25, 0.3) is 0 Å². The molecule has 14 heavy (non-hydrogen) atoms. The lowest BCUT2D eigenvalue weighted by molar-refractivity contribution is -0.114. The second-order valence-electron chi connectivity index (χ2n) is 3.55. The van der Waals surface area contributed by atoms with Gasteiger partial charge in [0.15, 0.2) is 0 Å². The zero-order chi connectivity index (χ0) is 9.97. The average molecular weight is 187 g/mol. The zero-order valence-electron chi connectivity index (χ0n) is 7.99. The molecule has 0 bridgehead atoms. The van der Waals surface area contributed by atoms with Crippen LogP contribution in [0.1, 0.15) is 19.3 Å². The summed E-state index contributed by atoms with van der Waals surface area (Å²) in [6.07, 6.45) is 13.0. The summed E-state index contributed by atoms with van der Waals surface area (Å²) in [5, 5.41) is 0. The quantitative estimate of drug-likeness (QED) is 0.670. The average Bonchev–Trinajstić information content (AvgIpc) is 2.39. The van der Waals surface area contributed by atoms with Crippen molar-refractivity contribution in [1.82, 2.24) is 0 Å². The predicted molar refractivity (Wildman–Crippen MR) is 56.4 cm³/mol. The number of primary amides is 1. The molecule has 0 unspecified atom stereocenters. The molecule has 2 aliphatic carbocycles. The first-order valence-corrected chi connectivity index (χ1v) is 4.84. The molecule has 0 atom stereocenters. The van der Waals surface area contributed by atoms with E-state index in [2.05, 4.69) is 12.2 Å². The maximum absolute atomic E-state index is 11.0. The maximum Gasteiger partial charge on any atom is 0.248 e. The molecule has 72 valence electrons. The van der Waals surface area contributed by atoms with Crippen LogP contribution in [0.3, 0.4) is 0 Å². The van der Waals surface area contributed by atoms with Crippen molar-refractivity contribution < 1.29 is 4.79 Å². The zero-order valence-corrected chi connectivity index (χ0v) is 7.99. The first-order chi connectivity index (χ1) is 6.77. The van der Waals surface area contributed by atoms with E-state index >= 15 is 0 Å². The van der Waals surface area contributed by atoms with Gasteiger partial charge in [-0.1, -0.05) is 24.3 Å². The number of carbonyl (C=O) groups is 1. The number of allylic oxidation sites excluding steroid dienone is 6. The molecule has 1 amide bonds. The van der Waals surface area contributed by atoms with Gasteiger partial charge in [0.05, 0.1) is 0 Å². The van der Waals surface area contributed by atoms with Gasteiger partial charge >= 0.3 is 0 Å². The Hall–Kier alpha value is -1.57. The monoisotopic (exact) mass is 187 g/mol. The second kappa shape index (κ2) is 3.66. The Morgan fingerprint density at radius 3 is 2.86 bits per heavy atom. The van der Waals surface area contributed by atoms with Crippen LogP contribution >= 0.6 is 0 Å². The van der Waals surface area contributed by atoms with Crippen molar-refractivity contribution >= 4 is 5.91 Å². The molecule has 0 aromatic heterocycles. The highest BCUT2D eigenvalue weighted by Gasteiger charge is 2.10. The van der Waals surface area contributed by atoms with E-state index < -0.39 is 0 Å². The Kier molecular flexibility index (Phi) is 2.35. The van der Waals surface area contributed by atoms with Crippen LogP contribution < -0.4 is 5.73 Å². The van der Waals surface area contributed by atoms with Gasteiger partial charge < -0.3 is 5.73 Å². The van der Waals surface area contributed by atoms with Crippen LogP contribution in [0.25, 0.3) is 0 Å². The molecule has 0 aliphatic heterocycles. The van der Waals surface area contributed by atoms with E-state index in [1.54, 1.807) is 0 Å². The lowest BCUT2D eigenvalue weighted by atomic mass is 9.96. The minimum absolute atomic E-state index is 0.343. The highest BCUT2D eigenvalue weighted by Crippen LogP contribution is 2.26. The summed E-state index contributed by atoms with van der Waals surface area (Å²) in [7, 11) is 0. The molecule has 0 aromatic carbocycles. The summed E-state index contributed by atoms with van der Waals surface area (Å²) < 4.78 is 0. The summed E-state index contributed by atoms with van der Waals surface area (Å²) >= 11 is 0. The number of hydrogen-bond donors (Lipinski definition) is 1. The van der Waals surface area contributed by atoms with Crippen LogP contribution in [0.5, 0.6) is 0 Å². The third kappa shape index (κ3) is 1.69. The van der Waals surface area contributed by atoms with Gasteiger partial charge in [-0.3, -0.25) is 4.79 Å². The molecule has 0 aromatic rings. The molecule has 0 saturated carbocycles. The van der Waals surface area contributed by atoms with Crippen LogP contribution in [0.4, 0.5) is 0 Å². The van der Waals surface area contributed by atoms with Gasteiger partial charge in [-0.15, -0.1) is 0 Å². The molecule has 2 aliphatic rings. The number of rotatable bonds is 1. The van der Waals surface area contributed by atoms with Gasteiger partial charge in [-0.2, -0.15) is 0 Å². The highest BCUT2D eigenvalue weighted by atomic mass is 16.1. The van der Waals surface area contributed by atoms with Crippen LogP contribution in [-0.4, -0.2) is 5.91 Å². The van der Waals surface area contributed by atoms with Crippen LogP contribution in [0, 0.1) is 0 Å². The molecule has 2 N–H and O–H groups in total. The summed E-state index contributed by atoms with van der Waals surface area (Å²) in [4.78, 5) is 11.0. The van der Waals surface area contributed by atoms with E-state index in [1.807, 2.05) is 18.2 Å². The minimum atomic E-state index is -0.343. The normalized spacial score (nSPS) is 20.1. The largest absolute Gasteiger partial charge is 0.366 e. The van der Waals surface area contributed by atoms with Gasteiger partial charge in [-0.25, -0.2) is 0 Å². The summed E-state index contributed by atoms with van der Waals surface area (Å²) in [6.45, 7) is 0. The SMILES string of the molecule is NC(=O)C1=CCC2=C(C=C1)CCC=C2. The summed E-state index contributed by atoms with van der Waals surface area (Å²) in [5.41, 5.74) is 8.49. The topological polar surface area (TPSA) is 43.1 Å². The van der Waals surface area contributed by atoms with Gasteiger partial charge in [0.2, 0.25) is 5.91 Å². The fraction of sp³-hybridized carbons (Fsp3) is 0.250. The third-order valence-corrected chi connectivity index (χ3v) is 2.60. The molecular weight excluding hydrogens is 174 g/mol. The summed E-state index contributed by atoms with van der Waals surface area (Å²) in [5.74, 6) is -0.343. The smallest absolute Gasteiger partial charge is 0.248 e. The number of amides is 1. The predicted octanol–water partition coefficient (Wildman–Crippen LogP) is 2.00. The minimum Gasteiger partial charge on any atom is -0.366 e. The van der Waals surface area contributed by atoms with Crippen molar-refractivity contribution in [3.05, 3.63) is 47.1 Å². The van der Waals surface area contributed by atoms with Crippen molar-refractivity contribution in [3.63, 3.8) is 0 Å². The van der Waals surface area contributed by atoms with E-state index in [-0.39, 0.29) is 5.91 Å². The molecule has 0 spiro atoms. The van der Waals surface area contributed by atoms with Crippen molar-refractivity contribution in [2.75, 3.05) is 0 Å². The fourth-order valence-electron chi connectivity index (χ4n) is 1.78. The Morgan fingerprint density at radius 1 is 1.21 bits per heavy atom. The molecule has 0 saturated heterocycles. The van der Waals surface area contributed by atoms with E-state index in [9.17, 15) is 4.79 Å². The molecule has 2 heteroatoms. The van der Waals surface area contributed by atoms with Crippen molar-refractivity contribution in [1.29, 1.82) is 0 Å². The Morgan fingerprint density at radius 2 is 2.07 bits per heavy atom. The van der Waals surface area contributed by atoms with Crippen molar-refractivity contribution in [2.24, 2.45) is 5.73 Å². The van der Waals surface area contributed by atoms with E-state index in [4.69, 9.17) is 5.73 Å². The first kappa shape index (κ1) is 9.00. The van der Waals surface area contributed by atoms with Crippen molar-refractivity contribution in [2.45, 2.75) is 19.3 Å². The van der Waals surface area contributed by atoms with Gasteiger partial charge in [-0.05, 0) is 36.5 Å². The molecule has 2 nitrogen and oxygen atoms in total. The Balaban J connectivity index is 2.29. The van der Waals surface area contributed by atoms with Crippen LogP contribution in [0.2, 0.25) is 0 Å². The van der Waals surface area contributed by atoms with E-state index in [0.29, 0.717) is 5.57 Å². The Bertz CT molecular complexity index is 383. The van der Waals surface area contributed by atoms with Crippen LogP contribution in [-0.2, 0) is 4.79 Å². The van der Waals surface area contributed by atoms with Crippen LogP contribution in [0.15, 0.2) is 47.1 Å². The third-order valence-electron chi connectivity index (χ3n) is 2.60. The lowest BCUT2D eigenvalue weighted by Gasteiger charge is -2.09. The maximum atomic E-state index is 11.0. The van der Waals surface area contributed by atoms with Gasteiger partial charge in [0, 0.05) is 5.57 Å². The molecule has 2 rings (SSSR count). The fourth-order valence-corrected chi connectivity index (χ4v) is 1.78. The lowest BCUT2D eigenvalue weighted by Crippen LogP contribution is -2.12. The molecule has 0 radical (unpaired) electrons. The number of hydrogen-bond acceptors (Lipinski definition) is 1. The first-order valence-electron chi connectivity index (χ1n) is 4.84. The van der Waals surface area contributed by atoms with Crippen molar-refractivity contribution in [3.8, 4) is 0 Å². The second-order valence-corrected chi connectivity index (χ2v) is 3.55. The molecular formula is C12H13NO. The summed E-state index contributed by atoms with van der Waals surface area (Å²) in [6, 6.07) is 0. The number of carbonyl (C=O) groups excluding carboxylic acids is 1. The Labute approximate surface area is 83.5 Å². The van der Waals surface area contributed by atoms with E-state index in [0.717, 1.165) is 19.3 Å². The molecule has 0 fully saturated rings.